The number of aromatic nitrogens is 4. The van der Waals surface area contributed by atoms with Crippen molar-refractivity contribution in [1.29, 1.82) is 5.26 Å². The first-order valence-electron chi connectivity index (χ1n) is 7.08. The second-order valence-corrected chi connectivity index (χ2v) is 5.23. The Balaban J connectivity index is 1.60. The zero-order valence-corrected chi connectivity index (χ0v) is 12.2. The van der Waals surface area contributed by atoms with Crippen molar-refractivity contribution in [2.24, 2.45) is 0 Å². The Bertz CT molecular complexity index is 940. The third kappa shape index (κ3) is 2.21. The Labute approximate surface area is 135 Å². The molecule has 0 fully saturated rings. The van der Waals surface area contributed by atoms with Crippen LogP contribution in [0.5, 0.6) is 0 Å². The lowest BCUT2D eigenvalue weighted by Gasteiger charge is -2.15. The summed E-state index contributed by atoms with van der Waals surface area (Å²) in [6, 6.07) is 1.70. The van der Waals surface area contributed by atoms with Crippen LogP contribution >= 0.6 is 0 Å². The zero-order chi connectivity index (χ0) is 16.7. The first-order chi connectivity index (χ1) is 11.7. The number of rotatable bonds is 2. The summed E-state index contributed by atoms with van der Waals surface area (Å²) in [4.78, 5) is 21.2. The molecule has 2 aliphatic rings. The molecular weight excluding hydrogens is 313 g/mol. The van der Waals surface area contributed by atoms with Gasteiger partial charge in [0.05, 0.1) is 42.0 Å². The number of carbonyl (C=O) groups excluding carboxylic acids is 1. The standard InChI is InChI=1S/C15H10FN7O/c16-13-5-18-6-14(20-13)22-8-12-11(15(22)24)7-23(21-12)10-2-1-9(3-17)19-4-10/h1-2,4-7,9,19H,8H2. The summed E-state index contributed by atoms with van der Waals surface area (Å²) in [5.74, 6) is -0.898. The van der Waals surface area contributed by atoms with E-state index in [9.17, 15) is 9.18 Å². The van der Waals surface area contributed by atoms with Crippen molar-refractivity contribution in [2.75, 3.05) is 4.90 Å². The molecule has 8 nitrogen and oxygen atoms in total. The molecule has 2 aromatic rings. The molecule has 0 saturated carbocycles. The van der Waals surface area contributed by atoms with Gasteiger partial charge in [-0.3, -0.25) is 14.7 Å². The van der Waals surface area contributed by atoms with Crippen molar-refractivity contribution in [1.82, 2.24) is 25.1 Å². The summed E-state index contributed by atoms with van der Waals surface area (Å²) in [6.45, 7) is 0.199. The van der Waals surface area contributed by atoms with Crippen LogP contribution < -0.4 is 10.2 Å². The molecule has 9 heteroatoms. The number of halogens is 1. The second kappa shape index (κ2) is 5.27. The molecule has 1 amide bonds. The average Bonchev–Trinajstić information content (AvgIpc) is 3.15. The van der Waals surface area contributed by atoms with Crippen molar-refractivity contribution in [3.05, 3.63) is 54.1 Å². The summed E-state index contributed by atoms with van der Waals surface area (Å²) >= 11 is 0. The molecule has 2 aliphatic heterocycles. The summed E-state index contributed by atoms with van der Waals surface area (Å²) in [6.07, 6.45) is 9.04. The van der Waals surface area contributed by atoms with E-state index in [0.29, 0.717) is 17.0 Å². The second-order valence-electron chi connectivity index (χ2n) is 5.23. The highest BCUT2D eigenvalue weighted by Gasteiger charge is 2.33. The molecule has 0 saturated heterocycles. The van der Waals surface area contributed by atoms with E-state index >= 15 is 0 Å². The number of carbonyl (C=O) groups is 1. The van der Waals surface area contributed by atoms with Crippen LogP contribution in [0.2, 0.25) is 0 Å². The Morgan fingerprint density at radius 3 is 2.96 bits per heavy atom. The van der Waals surface area contributed by atoms with Gasteiger partial charge < -0.3 is 5.32 Å². The molecule has 1 N–H and O–H groups in total. The maximum atomic E-state index is 13.2. The van der Waals surface area contributed by atoms with E-state index in [0.717, 1.165) is 6.20 Å². The largest absolute Gasteiger partial charge is 0.371 e. The van der Waals surface area contributed by atoms with Crippen LogP contribution in [0.25, 0.3) is 5.70 Å². The first kappa shape index (κ1) is 14.1. The Kier molecular flexibility index (Phi) is 3.09. The zero-order valence-electron chi connectivity index (χ0n) is 12.2. The minimum atomic E-state index is -0.745. The van der Waals surface area contributed by atoms with Crippen molar-refractivity contribution < 1.29 is 9.18 Å². The molecule has 0 spiro atoms. The molecular formula is C15H10FN7O. The van der Waals surface area contributed by atoms with Gasteiger partial charge in [0, 0.05) is 12.4 Å². The Morgan fingerprint density at radius 2 is 2.29 bits per heavy atom. The highest BCUT2D eigenvalue weighted by molar-refractivity contribution is 6.09. The molecule has 0 aliphatic carbocycles. The third-order valence-electron chi connectivity index (χ3n) is 3.72. The van der Waals surface area contributed by atoms with E-state index in [1.54, 1.807) is 29.2 Å². The molecule has 0 radical (unpaired) electrons. The maximum absolute atomic E-state index is 13.2. The minimum absolute atomic E-state index is 0.153. The molecule has 0 aromatic carbocycles. The number of amides is 1. The lowest BCUT2D eigenvalue weighted by atomic mass is 10.2. The number of fused-ring (bicyclic) bond motifs is 1. The van der Waals surface area contributed by atoms with Crippen LogP contribution in [0.3, 0.4) is 0 Å². The van der Waals surface area contributed by atoms with E-state index in [2.05, 4.69) is 26.5 Å². The monoisotopic (exact) mass is 323 g/mol. The van der Waals surface area contributed by atoms with Crippen LogP contribution in [0.15, 0.2) is 36.9 Å². The van der Waals surface area contributed by atoms with Gasteiger partial charge in [0.1, 0.15) is 6.04 Å². The first-order valence-corrected chi connectivity index (χ1v) is 7.08. The van der Waals surface area contributed by atoms with Crippen LogP contribution in [-0.2, 0) is 6.54 Å². The lowest BCUT2D eigenvalue weighted by Crippen LogP contribution is -2.26. The number of anilines is 1. The van der Waals surface area contributed by atoms with Crippen LogP contribution in [0, 0.1) is 17.3 Å². The SMILES string of the molecule is N#CC1C=CC(n2cc3c(n2)CN(c2cncc(F)n2)C3=O)=CN1. The summed E-state index contributed by atoms with van der Waals surface area (Å²) in [5.41, 5.74) is 1.71. The molecule has 24 heavy (non-hydrogen) atoms. The summed E-state index contributed by atoms with van der Waals surface area (Å²) in [7, 11) is 0. The van der Waals surface area contributed by atoms with E-state index in [-0.39, 0.29) is 24.3 Å². The number of dihydropyridines is 1. The number of nitriles is 1. The van der Waals surface area contributed by atoms with Gasteiger partial charge in [0.25, 0.3) is 5.91 Å². The van der Waals surface area contributed by atoms with Crippen LogP contribution in [0.1, 0.15) is 16.1 Å². The van der Waals surface area contributed by atoms with Gasteiger partial charge >= 0.3 is 0 Å². The van der Waals surface area contributed by atoms with Gasteiger partial charge in [0.15, 0.2) is 5.82 Å². The Morgan fingerprint density at radius 1 is 1.42 bits per heavy atom. The molecule has 1 atom stereocenters. The normalized spacial score (nSPS) is 18.8. The summed E-state index contributed by atoms with van der Waals surface area (Å²) in [5, 5.41) is 16.1. The fourth-order valence-corrected chi connectivity index (χ4v) is 2.55. The highest BCUT2D eigenvalue weighted by Crippen LogP contribution is 2.27. The predicted molar refractivity (Wildman–Crippen MR) is 80.7 cm³/mol. The van der Waals surface area contributed by atoms with E-state index in [4.69, 9.17) is 5.26 Å². The number of nitrogens with one attached hydrogen (secondary N) is 1. The van der Waals surface area contributed by atoms with Crippen molar-refractivity contribution in [3.8, 4) is 6.07 Å². The summed E-state index contributed by atoms with van der Waals surface area (Å²) < 4.78 is 14.8. The predicted octanol–water partition coefficient (Wildman–Crippen LogP) is 0.823. The van der Waals surface area contributed by atoms with E-state index in [1.807, 2.05) is 0 Å². The van der Waals surface area contributed by atoms with Gasteiger partial charge in [-0.2, -0.15) is 19.7 Å². The topological polar surface area (TPSA) is 99.7 Å². The molecule has 0 bridgehead atoms. The number of nitrogens with zero attached hydrogens (tertiary/aromatic N) is 6. The molecule has 4 rings (SSSR count). The maximum Gasteiger partial charge on any atom is 0.263 e. The fourth-order valence-electron chi connectivity index (χ4n) is 2.55. The lowest BCUT2D eigenvalue weighted by molar-refractivity contribution is 0.0995. The molecule has 4 heterocycles. The number of allylic oxidation sites excluding steroid dienone is 2. The Hall–Kier alpha value is -3.54. The molecule has 118 valence electrons. The van der Waals surface area contributed by atoms with Gasteiger partial charge in [-0.25, -0.2) is 4.68 Å². The quantitative estimate of drug-likeness (QED) is 0.878. The third-order valence-corrected chi connectivity index (χ3v) is 3.72. The average molecular weight is 323 g/mol. The van der Waals surface area contributed by atoms with E-state index in [1.165, 1.54) is 11.1 Å². The van der Waals surface area contributed by atoms with Gasteiger partial charge in [0.2, 0.25) is 5.95 Å². The van der Waals surface area contributed by atoms with Gasteiger partial charge in [-0.1, -0.05) is 0 Å². The smallest absolute Gasteiger partial charge is 0.263 e. The minimum Gasteiger partial charge on any atom is -0.371 e. The van der Waals surface area contributed by atoms with Crippen molar-refractivity contribution in [2.45, 2.75) is 12.6 Å². The highest BCUT2D eigenvalue weighted by atomic mass is 19.1. The fraction of sp³-hybridized carbons (Fsp3) is 0.133. The van der Waals surface area contributed by atoms with E-state index < -0.39 is 5.95 Å². The van der Waals surface area contributed by atoms with Gasteiger partial charge in [-0.05, 0) is 12.2 Å². The van der Waals surface area contributed by atoms with Crippen molar-refractivity contribution in [3.63, 3.8) is 0 Å². The molecule has 1 unspecified atom stereocenters. The number of hydrogen-bond acceptors (Lipinski definition) is 6. The van der Waals surface area contributed by atoms with Crippen LogP contribution in [0.4, 0.5) is 10.2 Å². The molecule has 2 aromatic heterocycles. The van der Waals surface area contributed by atoms with Crippen molar-refractivity contribution >= 4 is 17.4 Å². The van der Waals surface area contributed by atoms with Crippen LogP contribution in [-0.4, -0.2) is 31.7 Å². The van der Waals surface area contributed by atoms with Gasteiger partial charge in [-0.15, -0.1) is 0 Å². The number of hydrogen-bond donors (Lipinski definition) is 1.